The Labute approximate surface area is 196 Å². The molecular formula is C27H25FN2O4. The number of aliphatic carboxylic acids is 1. The van der Waals surface area contributed by atoms with E-state index in [1.165, 1.54) is 18.2 Å². The number of allylic oxidation sites excluding steroid dienone is 1. The number of rotatable bonds is 8. The summed E-state index contributed by atoms with van der Waals surface area (Å²) in [5.41, 5.74) is 4.11. The van der Waals surface area contributed by atoms with E-state index in [1.54, 1.807) is 24.4 Å². The maximum Gasteiger partial charge on any atom is 0.305 e. The first kappa shape index (κ1) is 23.3. The molecule has 0 aliphatic carbocycles. The lowest BCUT2D eigenvalue weighted by Crippen LogP contribution is -2.16. The van der Waals surface area contributed by atoms with Crippen molar-refractivity contribution in [2.45, 2.75) is 38.7 Å². The van der Waals surface area contributed by atoms with Crippen LogP contribution < -0.4 is 0 Å². The van der Waals surface area contributed by atoms with Crippen molar-refractivity contribution >= 4 is 34.1 Å². The molecule has 2 heterocycles. The van der Waals surface area contributed by atoms with Gasteiger partial charge in [0.2, 0.25) is 0 Å². The van der Waals surface area contributed by atoms with Crippen LogP contribution in [0.1, 0.15) is 43.9 Å². The normalized spacial score (nSPS) is 12.7. The highest BCUT2D eigenvalue weighted by molar-refractivity contribution is 6.07. The molecule has 0 fully saturated rings. The predicted molar refractivity (Wildman–Crippen MR) is 129 cm³/mol. The van der Waals surface area contributed by atoms with E-state index in [9.17, 15) is 19.1 Å². The Bertz CT molecular complexity index is 1400. The van der Waals surface area contributed by atoms with E-state index in [1.807, 2.05) is 42.6 Å². The third-order valence-electron chi connectivity index (χ3n) is 5.71. The number of aromatic nitrogens is 2. The number of aliphatic hydroxyl groups is 1. The van der Waals surface area contributed by atoms with Gasteiger partial charge in [0.15, 0.2) is 5.78 Å². The van der Waals surface area contributed by atoms with E-state index in [2.05, 4.69) is 5.10 Å². The Balaban J connectivity index is 1.94. The molecule has 4 rings (SSSR count). The van der Waals surface area contributed by atoms with Crippen LogP contribution in [0.5, 0.6) is 0 Å². The summed E-state index contributed by atoms with van der Waals surface area (Å²) >= 11 is 0. The highest BCUT2D eigenvalue weighted by Crippen LogP contribution is 2.40. The molecule has 2 aromatic carbocycles. The lowest BCUT2D eigenvalue weighted by molar-refractivity contribution is -0.139. The van der Waals surface area contributed by atoms with Crippen LogP contribution in [-0.4, -0.2) is 37.7 Å². The molecular weight excluding hydrogens is 435 g/mol. The molecule has 7 heteroatoms. The first-order chi connectivity index (χ1) is 16.3. The molecule has 34 heavy (non-hydrogen) atoms. The molecule has 1 unspecified atom stereocenters. The standard InChI is InChI=1S/C27H25FN2O4/c1-16(2)26-23(12-11-20(31)13-21(32)14-24(33)34)25(17-7-9-19(28)10-8-17)27-22-6-4-3-5-18(22)15-29-30(26)27/h3-12,15-16,21,32H,13-14H2,1-2H3,(H,33,34)/b12-11+. The molecule has 6 nitrogen and oxygen atoms in total. The SMILES string of the molecule is CC(C)c1c(/C=C/C(=O)CC(O)CC(=O)O)c(-c2ccc(F)cc2)c2c3ccccc3cnn12. The summed E-state index contributed by atoms with van der Waals surface area (Å²) in [6, 6.07) is 14.1. The molecule has 0 aliphatic rings. The molecule has 0 bridgehead atoms. The average molecular weight is 461 g/mol. The molecule has 0 amide bonds. The third kappa shape index (κ3) is 4.61. The van der Waals surface area contributed by atoms with E-state index in [0.29, 0.717) is 0 Å². The van der Waals surface area contributed by atoms with E-state index in [0.717, 1.165) is 38.7 Å². The minimum absolute atomic E-state index is 0.0442. The van der Waals surface area contributed by atoms with Crippen LogP contribution in [0.25, 0.3) is 33.5 Å². The van der Waals surface area contributed by atoms with Crippen LogP contribution in [-0.2, 0) is 9.59 Å². The van der Waals surface area contributed by atoms with Gasteiger partial charge in [-0.1, -0.05) is 50.2 Å². The van der Waals surface area contributed by atoms with Crippen molar-refractivity contribution in [3.63, 3.8) is 0 Å². The van der Waals surface area contributed by atoms with Crippen molar-refractivity contribution in [2.75, 3.05) is 0 Å². The summed E-state index contributed by atoms with van der Waals surface area (Å²) in [5.74, 6) is -1.86. The number of carboxylic acid groups (broad SMARTS) is 1. The van der Waals surface area contributed by atoms with Crippen molar-refractivity contribution in [3.8, 4) is 11.1 Å². The minimum Gasteiger partial charge on any atom is -0.481 e. The topological polar surface area (TPSA) is 91.9 Å². The number of carbonyl (C=O) groups is 2. The molecule has 1 atom stereocenters. The highest BCUT2D eigenvalue weighted by atomic mass is 19.1. The molecule has 0 saturated carbocycles. The maximum absolute atomic E-state index is 13.7. The molecule has 2 N–H and O–H groups in total. The van der Waals surface area contributed by atoms with Crippen molar-refractivity contribution < 1.29 is 24.2 Å². The second-order valence-corrected chi connectivity index (χ2v) is 8.58. The first-order valence-electron chi connectivity index (χ1n) is 11.0. The van der Waals surface area contributed by atoms with Gasteiger partial charge in [0, 0.05) is 28.3 Å². The second kappa shape index (κ2) is 9.57. The number of hydrogen-bond donors (Lipinski definition) is 2. The van der Waals surface area contributed by atoms with Crippen LogP contribution >= 0.6 is 0 Å². The number of benzene rings is 2. The van der Waals surface area contributed by atoms with Gasteiger partial charge in [0.1, 0.15) is 5.82 Å². The van der Waals surface area contributed by atoms with Crippen LogP contribution in [0.3, 0.4) is 0 Å². The lowest BCUT2D eigenvalue weighted by Gasteiger charge is -2.08. The summed E-state index contributed by atoms with van der Waals surface area (Å²) in [7, 11) is 0. The number of ketones is 1. The summed E-state index contributed by atoms with van der Waals surface area (Å²) in [4.78, 5) is 23.3. The van der Waals surface area contributed by atoms with Gasteiger partial charge in [-0.25, -0.2) is 8.91 Å². The van der Waals surface area contributed by atoms with Gasteiger partial charge in [-0.05, 0) is 35.8 Å². The van der Waals surface area contributed by atoms with Crippen LogP contribution in [0.4, 0.5) is 4.39 Å². The second-order valence-electron chi connectivity index (χ2n) is 8.58. The van der Waals surface area contributed by atoms with Crippen molar-refractivity contribution in [1.29, 1.82) is 0 Å². The van der Waals surface area contributed by atoms with Gasteiger partial charge in [-0.2, -0.15) is 5.10 Å². The lowest BCUT2D eigenvalue weighted by atomic mass is 9.95. The fraction of sp³-hybridized carbons (Fsp3) is 0.222. The fourth-order valence-corrected chi connectivity index (χ4v) is 4.29. The Kier molecular flexibility index (Phi) is 6.56. The molecule has 4 aromatic rings. The molecule has 174 valence electrons. The number of aliphatic hydroxyl groups excluding tert-OH is 1. The highest BCUT2D eigenvalue weighted by Gasteiger charge is 2.23. The molecule has 0 saturated heterocycles. The van der Waals surface area contributed by atoms with Crippen molar-refractivity contribution in [3.05, 3.63) is 77.9 Å². The number of halogens is 1. The molecule has 0 radical (unpaired) electrons. The van der Waals surface area contributed by atoms with Crippen LogP contribution in [0.15, 0.2) is 60.8 Å². The fourth-order valence-electron chi connectivity index (χ4n) is 4.29. The number of nitrogens with zero attached hydrogens (tertiary/aromatic N) is 2. The summed E-state index contributed by atoms with van der Waals surface area (Å²) in [6.45, 7) is 4.06. The van der Waals surface area contributed by atoms with Crippen LogP contribution in [0.2, 0.25) is 0 Å². The van der Waals surface area contributed by atoms with Crippen molar-refractivity contribution in [1.82, 2.24) is 9.61 Å². The Morgan fingerprint density at radius 3 is 2.47 bits per heavy atom. The van der Waals surface area contributed by atoms with Gasteiger partial charge >= 0.3 is 5.97 Å². The monoisotopic (exact) mass is 460 g/mol. The van der Waals surface area contributed by atoms with Gasteiger partial charge in [0.25, 0.3) is 0 Å². The largest absolute Gasteiger partial charge is 0.481 e. The summed E-state index contributed by atoms with van der Waals surface area (Å²) < 4.78 is 15.6. The van der Waals surface area contributed by atoms with Gasteiger partial charge in [-0.15, -0.1) is 0 Å². The predicted octanol–water partition coefficient (Wildman–Crippen LogP) is 5.23. The zero-order valence-electron chi connectivity index (χ0n) is 18.9. The molecule has 0 spiro atoms. The number of fused-ring (bicyclic) bond motifs is 3. The van der Waals surface area contributed by atoms with E-state index >= 15 is 0 Å². The Morgan fingerprint density at radius 2 is 1.79 bits per heavy atom. The zero-order chi connectivity index (χ0) is 24.4. The number of carbonyl (C=O) groups excluding carboxylic acids is 1. The maximum atomic E-state index is 13.7. The molecule has 0 aliphatic heterocycles. The number of carboxylic acids is 1. The van der Waals surface area contributed by atoms with Crippen molar-refractivity contribution in [2.24, 2.45) is 0 Å². The quantitative estimate of drug-likeness (QED) is 0.352. The summed E-state index contributed by atoms with van der Waals surface area (Å²) in [5, 5.41) is 25.3. The number of hydrogen-bond acceptors (Lipinski definition) is 4. The average Bonchev–Trinajstić information content (AvgIpc) is 3.12. The van der Waals surface area contributed by atoms with E-state index in [-0.39, 0.29) is 23.9 Å². The minimum atomic E-state index is -1.26. The van der Waals surface area contributed by atoms with E-state index < -0.39 is 18.5 Å². The zero-order valence-corrected chi connectivity index (χ0v) is 18.9. The van der Waals surface area contributed by atoms with E-state index in [4.69, 9.17) is 5.11 Å². The smallest absolute Gasteiger partial charge is 0.305 e. The first-order valence-corrected chi connectivity index (χ1v) is 11.0. The van der Waals surface area contributed by atoms with Gasteiger partial charge in [-0.3, -0.25) is 9.59 Å². The third-order valence-corrected chi connectivity index (χ3v) is 5.71. The van der Waals surface area contributed by atoms with Crippen LogP contribution in [0, 0.1) is 5.82 Å². The van der Waals surface area contributed by atoms with Gasteiger partial charge in [0.05, 0.1) is 29.9 Å². The van der Waals surface area contributed by atoms with Gasteiger partial charge < -0.3 is 10.2 Å². The summed E-state index contributed by atoms with van der Waals surface area (Å²) in [6.07, 6.45) is 2.80. The molecule has 2 aromatic heterocycles. The Morgan fingerprint density at radius 1 is 1.09 bits per heavy atom. The Hall–Kier alpha value is -3.84.